The first kappa shape index (κ1) is 12.3. The molecule has 0 radical (unpaired) electrons. The third kappa shape index (κ3) is 2.82. The SMILES string of the molecule is Fc1ccc(CNC2CC2)c(-c2ccccc2F)c1. The summed E-state index contributed by atoms with van der Waals surface area (Å²) in [4.78, 5) is 0. The molecule has 0 saturated heterocycles. The van der Waals surface area contributed by atoms with Gasteiger partial charge in [0.2, 0.25) is 0 Å². The highest BCUT2D eigenvalue weighted by atomic mass is 19.1. The van der Waals surface area contributed by atoms with E-state index in [4.69, 9.17) is 0 Å². The zero-order valence-electron chi connectivity index (χ0n) is 10.5. The lowest BCUT2D eigenvalue weighted by Crippen LogP contribution is -2.16. The van der Waals surface area contributed by atoms with Gasteiger partial charge in [-0.05, 0) is 42.2 Å². The Morgan fingerprint density at radius 2 is 1.79 bits per heavy atom. The molecule has 1 fully saturated rings. The van der Waals surface area contributed by atoms with E-state index < -0.39 is 0 Å². The molecule has 0 unspecified atom stereocenters. The minimum Gasteiger partial charge on any atom is -0.310 e. The highest BCUT2D eigenvalue weighted by Crippen LogP contribution is 2.28. The van der Waals surface area contributed by atoms with Crippen LogP contribution in [0, 0.1) is 11.6 Å². The molecule has 19 heavy (non-hydrogen) atoms. The summed E-state index contributed by atoms with van der Waals surface area (Å²) in [6.07, 6.45) is 2.38. The van der Waals surface area contributed by atoms with Crippen LogP contribution in [-0.2, 0) is 6.54 Å². The van der Waals surface area contributed by atoms with E-state index in [0.29, 0.717) is 23.7 Å². The lowest BCUT2D eigenvalue weighted by atomic mass is 9.99. The molecule has 0 aliphatic heterocycles. The van der Waals surface area contributed by atoms with Crippen LogP contribution in [0.2, 0.25) is 0 Å². The first-order valence-corrected chi connectivity index (χ1v) is 6.51. The average molecular weight is 259 g/mol. The molecule has 2 aromatic carbocycles. The van der Waals surface area contributed by atoms with Crippen molar-refractivity contribution in [3.05, 3.63) is 59.7 Å². The third-order valence-electron chi connectivity index (χ3n) is 3.39. The molecule has 1 N–H and O–H groups in total. The number of hydrogen-bond acceptors (Lipinski definition) is 1. The molecule has 1 saturated carbocycles. The van der Waals surface area contributed by atoms with Crippen molar-refractivity contribution in [3.63, 3.8) is 0 Å². The fourth-order valence-corrected chi connectivity index (χ4v) is 2.17. The van der Waals surface area contributed by atoms with E-state index >= 15 is 0 Å². The summed E-state index contributed by atoms with van der Waals surface area (Å²) in [6, 6.07) is 11.6. The molecule has 0 bridgehead atoms. The van der Waals surface area contributed by atoms with Gasteiger partial charge in [-0.2, -0.15) is 0 Å². The summed E-state index contributed by atoms with van der Waals surface area (Å²) in [5, 5.41) is 3.38. The highest BCUT2D eigenvalue weighted by Gasteiger charge is 2.21. The van der Waals surface area contributed by atoms with Crippen molar-refractivity contribution < 1.29 is 8.78 Å². The Morgan fingerprint density at radius 1 is 1.00 bits per heavy atom. The highest BCUT2D eigenvalue weighted by molar-refractivity contribution is 5.68. The second-order valence-electron chi connectivity index (χ2n) is 4.94. The lowest BCUT2D eigenvalue weighted by molar-refractivity contribution is 0.621. The summed E-state index contributed by atoms with van der Waals surface area (Å²) >= 11 is 0. The molecule has 0 amide bonds. The Labute approximate surface area is 111 Å². The Kier molecular flexibility index (Phi) is 3.30. The van der Waals surface area contributed by atoms with Crippen LogP contribution < -0.4 is 5.32 Å². The van der Waals surface area contributed by atoms with Gasteiger partial charge >= 0.3 is 0 Å². The predicted octanol–water partition coefficient (Wildman–Crippen LogP) is 3.88. The summed E-state index contributed by atoms with van der Waals surface area (Å²) in [6.45, 7) is 0.647. The standard InChI is InChI=1S/C16H15F2N/c17-12-6-5-11(10-19-13-7-8-13)15(9-12)14-3-1-2-4-16(14)18/h1-6,9,13,19H,7-8,10H2. The fourth-order valence-electron chi connectivity index (χ4n) is 2.17. The van der Waals surface area contributed by atoms with E-state index in [1.54, 1.807) is 24.3 Å². The summed E-state index contributed by atoms with van der Waals surface area (Å²) in [7, 11) is 0. The van der Waals surface area contributed by atoms with Gasteiger partial charge in [0.25, 0.3) is 0 Å². The van der Waals surface area contributed by atoms with E-state index in [1.165, 1.54) is 31.0 Å². The maximum atomic E-state index is 13.9. The van der Waals surface area contributed by atoms with Gasteiger partial charge in [-0.1, -0.05) is 24.3 Å². The van der Waals surface area contributed by atoms with Crippen molar-refractivity contribution in [2.24, 2.45) is 0 Å². The van der Waals surface area contributed by atoms with Gasteiger partial charge in [0.05, 0.1) is 0 Å². The van der Waals surface area contributed by atoms with Crippen molar-refractivity contribution in [2.75, 3.05) is 0 Å². The molecule has 0 spiro atoms. The average Bonchev–Trinajstić information content (AvgIpc) is 3.22. The number of halogens is 2. The summed E-state index contributed by atoms with van der Waals surface area (Å²) < 4.78 is 27.3. The van der Waals surface area contributed by atoms with Gasteiger partial charge in [-0.3, -0.25) is 0 Å². The molecule has 0 aromatic heterocycles. The molecule has 0 heterocycles. The van der Waals surface area contributed by atoms with Crippen LogP contribution >= 0.6 is 0 Å². The minimum atomic E-state index is -0.339. The minimum absolute atomic E-state index is 0.319. The second kappa shape index (κ2) is 5.10. The molecular formula is C16H15F2N. The molecule has 3 rings (SSSR count). The van der Waals surface area contributed by atoms with Crippen molar-refractivity contribution in [1.29, 1.82) is 0 Å². The Hall–Kier alpha value is -1.74. The van der Waals surface area contributed by atoms with Gasteiger partial charge in [0.15, 0.2) is 0 Å². The molecular weight excluding hydrogens is 244 g/mol. The smallest absolute Gasteiger partial charge is 0.131 e. The Morgan fingerprint density at radius 3 is 2.53 bits per heavy atom. The van der Waals surface area contributed by atoms with Gasteiger partial charge in [0, 0.05) is 18.2 Å². The molecule has 1 nitrogen and oxygen atoms in total. The van der Waals surface area contributed by atoms with Crippen LogP contribution in [0.25, 0.3) is 11.1 Å². The van der Waals surface area contributed by atoms with Crippen molar-refractivity contribution >= 4 is 0 Å². The van der Waals surface area contributed by atoms with Crippen molar-refractivity contribution in [2.45, 2.75) is 25.4 Å². The lowest BCUT2D eigenvalue weighted by Gasteiger charge is -2.11. The van der Waals surface area contributed by atoms with Crippen LogP contribution in [0.1, 0.15) is 18.4 Å². The van der Waals surface area contributed by atoms with Gasteiger partial charge < -0.3 is 5.32 Å². The number of rotatable bonds is 4. The van der Waals surface area contributed by atoms with Gasteiger partial charge in [0.1, 0.15) is 11.6 Å². The molecule has 3 heteroatoms. The van der Waals surface area contributed by atoms with E-state index in [9.17, 15) is 8.78 Å². The quantitative estimate of drug-likeness (QED) is 0.878. The number of benzene rings is 2. The van der Waals surface area contributed by atoms with E-state index in [-0.39, 0.29) is 11.6 Å². The second-order valence-corrected chi connectivity index (χ2v) is 4.94. The van der Waals surface area contributed by atoms with Gasteiger partial charge in [-0.15, -0.1) is 0 Å². The summed E-state index contributed by atoms with van der Waals surface area (Å²) in [5.74, 6) is -0.658. The van der Waals surface area contributed by atoms with Crippen molar-refractivity contribution in [1.82, 2.24) is 5.32 Å². The third-order valence-corrected chi connectivity index (χ3v) is 3.39. The fraction of sp³-hybridized carbons (Fsp3) is 0.250. The molecule has 2 aromatic rings. The normalized spacial score (nSPS) is 14.6. The zero-order valence-corrected chi connectivity index (χ0v) is 10.5. The molecule has 1 aliphatic carbocycles. The number of nitrogens with one attached hydrogen (secondary N) is 1. The van der Waals surface area contributed by atoms with E-state index in [2.05, 4.69) is 5.32 Å². The van der Waals surface area contributed by atoms with Crippen LogP contribution in [-0.4, -0.2) is 6.04 Å². The maximum Gasteiger partial charge on any atom is 0.131 e. The van der Waals surface area contributed by atoms with Crippen LogP contribution in [0.4, 0.5) is 8.78 Å². The number of hydrogen-bond donors (Lipinski definition) is 1. The van der Waals surface area contributed by atoms with Crippen LogP contribution in [0.15, 0.2) is 42.5 Å². The Balaban J connectivity index is 1.97. The molecule has 98 valence electrons. The van der Waals surface area contributed by atoms with Crippen molar-refractivity contribution in [3.8, 4) is 11.1 Å². The molecule has 1 aliphatic rings. The van der Waals surface area contributed by atoms with E-state index in [1.807, 2.05) is 0 Å². The summed E-state index contributed by atoms with van der Waals surface area (Å²) in [5.41, 5.74) is 2.01. The monoisotopic (exact) mass is 259 g/mol. The van der Waals surface area contributed by atoms with Crippen LogP contribution in [0.5, 0.6) is 0 Å². The largest absolute Gasteiger partial charge is 0.310 e. The first-order valence-electron chi connectivity index (χ1n) is 6.51. The van der Waals surface area contributed by atoms with Crippen LogP contribution in [0.3, 0.4) is 0 Å². The predicted molar refractivity (Wildman–Crippen MR) is 71.7 cm³/mol. The topological polar surface area (TPSA) is 12.0 Å². The maximum absolute atomic E-state index is 13.9. The zero-order chi connectivity index (χ0) is 13.2. The first-order chi connectivity index (χ1) is 9.24. The molecule has 0 atom stereocenters. The van der Waals surface area contributed by atoms with E-state index in [0.717, 1.165) is 5.56 Å². The van der Waals surface area contributed by atoms with Gasteiger partial charge in [-0.25, -0.2) is 8.78 Å². The Bertz CT molecular complexity index is 591.